The van der Waals surface area contributed by atoms with Crippen molar-refractivity contribution < 1.29 is 21.6 Å². The van der Waals surface area contributed by atoms with Gasteiger partial charge in [0.25, 0.3) is 0 Å². The molecule has 7 heteroatoms. The molecule has 0 aromatic heterocycles. The lowest BCUT2D eigenvalue weighted by molar-refractivity contribution is -0.137. The van der Waals surface area contributed by atoms with Crippen LogP contribution in [0.4, 0.5) is 13.2 Å². The first kappa shape index (κ1) is 20.4. The van der Waals surface area contributed by atoms with E-state index >= 15 is 0 Å². The molecule has 0 radical (unpaired) electrons. The second-order valence-electron chi connectivity index (χ2n) is 5.75. The van der Waals surface area contributed by atoms with Crippen LogP contribution >= 0.6 is 0 Å². The zero-order valence-electron chi connectivity index (χ0n) is 13.9. The van der Waals surface area contributed by atoms with Crippen LogP contribution in [0.2, 0.25) is 0 Å². The molecule has 0 saturated carbocycles. The van der Waals surface area contributed by atoms with Crippen molar-refractivity contribution in [1.29, 1.82) is 0 Å². The molecule has 1 N–H and O–H groups in total. The molecular formula is C17H22F3NO2S. The third kappa shape index (κ3) is 6.88. The van der Waals surface area contributed by atoms with Gasteiger partial charge in [0.15, 0.2) is 0 Å². The van der Waals surface area contributed by atoms with Crippen LogP contribution in [-0.2, 0) is 16.2 Å². The summed E-state index contributed by atoms with van der Waals surface area (Å²) in [6.07, 6.45) is 0.905. The van der Waals surface area contributed by atoms with Gasteiger partial charge in [-0.1, -0.05) is 29.4 Å². The Morgan fingerprint density at radius 2 is 1.83 bits per heavy atom. The van der Waals surface area contributed by atoms with E-state index in [9.17, 15) is 21.6 Å². The summed E-state index contributed by atoms with van der Waals surface area (Å²) < 4.78 is 64.4. The highest BCUT2D eigenvalue weighted by Crippen LogP contribution is 2.30. The van der Waals surface area contributed by atoms with Crippen LogP contribution in [0, 0.1) is 0 Å². The van der Waals surface area contributed by atoms with Crippen molar-refractivity contribution in [2.75, 3.05) is 6.54 Å². The summed E-state index contributed by atoms with van der Waals surface area (Å²) in [7, 11) is -3.98. The van der Waals surface area contributed by atoms with Crippen molar-refractivity contribution in [2.24, 2.45) is 0 Å². The standard InChI is InChI=1S/C17H22F3NO2S/c1-13(2)6-4-7-14(3)10-11-21-24(22,23)16-9-5-8-15(12-16)17(18,19)20/h5-6,8-10,12,21H,4,7,11H2,1-3H3. The average molecular weight is 361 g/mol. The fourth-order valence-corrected chi connectivity index (χ4v) is 2.95. The molecule has 1 aromatic carbocycles. The van der Waals surface area contributed by atoms with Crippen LogP contribution in [0.3, 0.4) is 0 Å². The number of hydrogen-bond acceptors (Lipinski definition) is 2. The summed E-state index contributed by atoms with van der Waals surface area (Å²) in [5.41, 5.74) is 1.24. The topological polar surface area (TPSA) is 46.2 Å². The van der Waals surface area contributed by atoms with Gasteiger partial charge in [0.2, 0.25) is 10.0 Å². The van der Waals surface area contributed by atoms with Crippen LogP contribution in [0.5, 0.6) is 0 Å². The molecular weight excluding hydrogens is 339 g/mol. The zero-order valence-corrected chi connectivity index (χ0v) is 14.8. The molecule has 0 aliphatic rings. The Bertz CT molecular complexity index is 716. The first-order chi connectivity index (χ1) is 11.0. The number of allylic oxidation sites excluding steroid dienone is 3. The Labute approximate surface area is 141 Å². The quantitative estimate of drug-likeness (QED) is 0.717. The van der Waals surface area contributed by atoms with Crippen molar-refractivity contribution in [3.05, 3.63) is 53.1 Å². The number of rotatable bonds is 7. The fourth-order valence-electron chi connectivity index (χ4n) is 1.94. The number of halogens is 3. The summed E-state index contributed by atoms with van der Waals surface area (Å²) in [4.78, 5) is -0.395. The van der Waals surface area contributed by atoms with E-state index in [1.807, 2.05) is 20.8 Å². The third-order valence-corrected chi connectivity index (χ3v) is 4.71. The van der Waals surface area contributed by atoms with Crippen LogP contribution < -0.4 is 4.72 Å². The maximum Gasteiger partial charge on any atom is 0.416 e. The van der Waals surface area contributed by atoms with E-state index in [1.54, 1.807) is 6.08 Å². The summed E-state index contributed by atoms with van der Waals surface area (Å²) in [5, 5.41) is 0. The minimum Gasteiger partial charge on any atom is -0.207 e. The highest BCUT2D eigenvalue weighted by molar-refractivity contribution is 7.89. The Kier molecular flexibility index (Phi) is 7.23. The molecule has 0 amide bonds. The summed E-state index contributed by atoms with van der Waals surface area (Å²) >= 11 is 0. The molecule has 3 nitrogen and oxygen atoms in total. The molecule has 1 rings (SSSR count). The van der Waals surface area contributed by atoms with Crippen molar-refractivity contribution in [2.45, 2.75) is 44.7 Å². The van der Waals surface area contributed by atoms with E-state index in [2.05, 4.69) is 10.8 Å². The maximum atomic E-state index is 12.7. The molecule has 24 heavy (non-hydrogen) atoms. The van der Waals surface area contributed by atoms with E-state index in [1.165, 1.54) is 5.57 Å². The van der Waals surface area contributed by atoms with Crippen molar-refractivity contribution >= 4 is 10.0 Å². The van der Waals surface area contributed by atoms with Gasteiger partial charge in [-0.05, 0) is 51.8 Å². The minimum absolute atomic E-state index is 0.0409. The largest absolute Gasteiger partial charge is 0.416 e. The monoisotopic (exact) mass is 361 g/mol. The second-order valence-corrected chi connectivity index (χ2v) is 7.52. The van der Waals surface area contributed by atoms with Crippen LogP contribution in [0.25, 0.3) is 0 Å². The molecule has 0 unspecified atom stereocenters. The van der Waals surface area contributed by atoms with Crippen molar-refractivity contribution in [3.8, 4) is 0 Å². The minimum atomic E-state index is -4.58. The average Bonchev–Trinajstić information content (AvgIpc) is 2.46. The lowest BCUT2D eigenvalue weighted by Gasteiger charge is -2.09. The number of hydrogen-bond donors (Lipinski definition) is 1. The molecule has 0 atom stereocenters. The Hall–Kier alpha value is -1.60. The van der Waals surface area contributed by atoms with Gasteiger partial charge in [0.1, 0.15) is 0 Å². The summed E-state index contributed by atoms with van der Waals surface area (Å²) in [6, 6.07) is 3.70. The highest BCUT2D eigenvalue weighted by atomic mass is 32.2. The molecule has 0 spiro atoms. The Morgan fingerprint density at radius 3 is 2.42 bits per heavy atom. The van der Waals surface area contributed by atoms with Crippen LogP contribution in [0.15, 0.2) is 52.5 Å². The van der Waals surface area contributed by atoms with Crippen LogP contribution in [0.1, 0.15) is 39.2 Å². The smallest absolute Gasteiger partial charge is 0.207 e. The van der Waals surface area contributed by atoms with E-state index < -0.39 is 26.7 Å². The van der Waals surface area contributed by atoms with Gasteiger partial charge in [-0.25, -0.2) is 13.1 Å². The van der Waals surface area contributed by atoms with Gasteiger partial charge in [-0.2, -0.15) is 13.2 Å². The molecule has 0 heterocycles. The van der Waals surface area contributed by atoms with E-state index in [-0.39, 0.29) is 6.54 Å². The van der Waals surface area contributed by atoms with Crippen LogP contribution in [-0.4, -0.2) is 15.0 Å². The molecule has 0 saturated heterocycles. The second kappa shape index (κ2) is 8.48. The number of sulfonamides is 1. The number of alkyl halides is 3. The summed E-state index contributed by atoms with van der Waals surface area (Å²) in [6.45, 7) is 5.93. The van der Waals surface area contributed by atoms with E-state index in [4.69, 9.17) is 0 Å². The predicted octanol–water partition coefficient (Wildman–Crippen LogP) is 4.68. The first-order valence-electron chi connectivity index (χ1n) is 7.48. The molecule has 0 bridgehead atoms. The van der Waals surface area contributed by atoms with Gasteiger partial charge in [0.05, 0.1) is 10.5 Å². The van der Waals surface area contributed by atoms with E-state index in [0.717, 1.165) is 36.6 Å². The molecule has 0 aliphatic carbocycles. The van der Waals surface area contributed by atoms with Crippen molar-refractivity contribution in [3.63, 3.8) is 0 Å². The van der Waals surface area contributed by atoms with Gasteiger partial charge in [-0.3, -0.25) is 0 Å². The lowest BCUT2D eigenvalue weighted by Crippen LogP contribution is -2.24. The molecule has 1 aromatic rings. The molecule has 0 aliphatic heterocycles. The molecule has 0 fully saturated rings. The highest BCUT2D eigenvalue weighted by Gasteiger charge is 2.31. The zero-order chi connectivity index (χ0) is 18.4. The Morgan fingerprint density at radius 1 is 1.17 bits per heavy atom. The first-order valence-corrected chi connectivity index (χ1v) is 8.96. The third-order valence-electron chi connectivity index (χ3n) is 3.29. The van der Waals surface area contributed by atoms with Gasteiger partial charge < -0.3 is 0 Å². The summed E-state index contributed by atoms with van der Waals surface area (Å²) in [5.74, 6) is 0. The molecule has 134 valence electrons. The Balaban J connectivity index is 2.72. The number of benzene rings is 1. The van der Waals surface area contributed by atoms with Crippen molar-refractivity contribution in [1.82, 2.24) is 4.72 Å². The van der Waals surface area contributed by atoms with Gasteiger partial charge >= 0.3 is 6.18 Å². The fraction of sp³-hybridized carbons (Fsp3) is 0.412. The predicted molar refractivity (Wildman–Crippen MR) is 89.1 cm³/mol. The van der Waals surface area contributed by atoms with E-state index in [0.29, 0.717) is 6.07 Å². The lowest BCUT2D eigenvalue weighted by atomic mass is 10.1. The van der Waals surface area contributed by atoms with Gasteiger partial charge in [0, 0.05) is 6.54 Å². The number of nitrogens with one attached hydrogen (secondary N) is 1. The maximum absolute atomic E-state index is 12.7. The van der Waals surface area contributed by atoms with Gasteiger partial charge in [-0.15, -0.1) is 0 Å². The normalized spacial score (nSPS) is 13.0. The SMILES string of the molecule is CC(C)=CCCC(C)=CCNS(=O)(=O)c1cccc(C(F)(F)F)c1.